The van der Waals surface area contributed by atoms with Gasteiger partial charge < -0.3 is 13.9 Å². The predicted octanol–water partition coefficient (Wildman–Crippen LogP) is 2.66. The average Bonchev–Trinajstić information content (AvgIpc) is 2.39. The molecule has 0 radical (unpaired) electrons. The first-order valence-corrected chi connectivity index (χ1v) is 6.14. The third-order valence-electron chi connectivity index (χ3n) is 2.59. The van der Waals surface area contributed by atoms with Crippen molar-refractivity contribution >= 4 is 22.9 Å². The summed E-state index contributed by atoms with van der Waals surface area (Å²) in [6.07, 6.45) is -4.92. The Bertz CT molecular complexity index is 850. The van der Waals surface area contributed by atoms with Crippen LogP contribution in [0.25, 0.3) is 11.0 Å². The summed E-state index contributed by atoms with van der Waals surface area (Å²) in [4.78, 5) is 34.0. The molecule has 1 aromatic carbocycles. The fraction of sp³-hybridized carbons (Fsp3) is 0.214. The minimum absolute atomic E-state index is 0.259. The van der Waals surface area contributed by atoms with Crippen LogP contribution in [0, 0.1) is 0 Å². The third kappa shape index (κ3) is 3.50. The summed E-state index contributed by atoms with van der Waals surface area (Å²) in [6.45, 7) is 2.03. The van der Waals surface area contributed by atoms with E-state index >= 15 is 0 Å². The first-order chi connectivity index (χ1) is 10.6. The van der Waals surface area contributed by atoms with Crippen LogP contribution in [0.2, 0.25) is 0 Å². The molecule has 0 spiro atoms. The molecule has 2 rings (SSSR count). The molecule has 2 aromatic rings. The predicted molar refractivity (Wildman–Crippen MR) is 70.1 cm³/mol. The van der Waals surface area contributed by atoms with Crippen LogP contribution in [0.5, 0.6) is 11.5 Å². The fourth-order valence-corrected chi connectivity index (χ4v) is 1.79. The van der Waals surface area contributed by atoms with E-state index in [0.717, 1.165) is 26.0 Å². The molecule has 0 amide bonds. The zero-order valence-electron chi connectivity index (χ0n) is 11.8. The van der Waals surface area contributed by atoms with Crippen LogP contribution in [-0.2, 0) is 15.8 Å². The molecule has 0 aliphatic heterocycles. The summed E-state index contributed by atoms with van der Waals surface area (Å²) >= 11 is 0. The average molecular weight is 330 g/mol. The number of alkyl halides is 3. The Balaban J connectivity index is 2.83. The summed E-state index contributed by atoms with van der Waals surface area (Å²) in [7, 11) is 0. The minimum atomic E-state index is -4.92. The van der Waals surface area contributed by atoms with Crippen LogP contribution < -0.4 is 14.9 Å². The molecule has 0 saturated heterocycles. The summed E-state index contributed by atoms with van der Waals surface area (Å²) in [5.41, 5.74) is -1.62. The van der Waals surface area contributed by atoms with E-state index in [9.17, 15) is 27.6 Å². The molecule has 1 heterocycles. The minimum Gasteiger partial charge on any atom is -0.447 e. The molecular formula is C14H9F3O6. The van der Waals surface area contributed by atoms with Crippen molar-refractivity contribution in [2.45, 2.75) is 20.0 Å². The van der Waals surface area contributed by atoms with E-state index in [-0.39, 0.29) is 17.2 Å². The van der Waals surface area contributed by atoms with Gasteiger partial charge in [-0.25, -0.2) is 0 Å². The Morgan fingerprint density at radius 2 is 1.70 bits per heavy atom. The van der Waals surface area contributed by atoms with Gasteiger partial charge in [0.05, 0.1) is 5.39 Å². The monoisotopic (exact) mass is 330 g/mol. The maximum atomic E-state index is 12.8. The van der Waals surface area contributed by atoms with Gasteiger partial charge >= 0.3 is 18.1 Å². The molecule has 23 heavy (non-hydrogen) atoms. The number of ether oxygens (including phenoxy) is 2. The Kier molecular flexibility index (Phi) is 4.13. The van der Waals surface area contributed by atoms with Gasteiger partial charge in [-0.3, -0.25) is 14.4 Å². The number of halogens is 3. The van der Waals surface area contributed by atoms with E-state index in [2.05, 4.69) is 4.42 Å². The van der Waals surface area contributed by atoms with E-state index in [1.807, 2.05) is 0 Å². The summed E-state index contributed by atoms with van der Waals surface area (Å²) in [5, 5.41) is -0.259. The van der Waals surface area contributed by atoms with E-state index in [4.69, 9.17) is 9.47 Å². The van der Waals surface area contributed by atoms with E-state index in [0.29, 0.717) is 0 Å². The molecular weight excluding hydrogens is 321 g/mol. The smallest absolute Gasteiger partial charge is 0.447 e. The standard InChI is InChI=1S/C14H9F3O6/c1-6(18)21-10-4-3-8-9(20)5-11(14(15,16)17)23-12(8)13(10)22-7(2)19/h3-5H,1-2H3. The second-order valence-corrected chi connectivity index (χ2v) is 4.43. The fourth-order valence-electron chi connectivity index (χ4n) is 1.79. The van der Waals surface area contributed by atoms with Crippen LogP contribution in [0.15, 0.2) is 27.4 Å². The quantitative estimate of drug-likeness (QED) is 0.622. The number of carbonyl (C=O) groups is 2. The molecule has 0 bridgehead atoms. The van der Waals surface area contributed by atoms with Gasteiger partial charge in [0.2, 0.25) is 11.5 Å². The lowest BCUT2D eigenvalue weighted by molar-refractivity contribution is -0.153. The number of esters is 2. The number of hydrogen-bond acceptors (Lipinski definition) is 6. The third-order valence-corrected chi connectivity index (χ3v) is 2.59. The number of carbonyl (C=O) groups excluding carboxylic acids is 2. The Labute approximate surface area is 126 Å². The van der Waals surface area contributed by atoms with Crippen molar-refractivity contribution in [2.24, 2.45) is 0 Å². The lowest BCUT2D eigenvalue weighted by atomic mass is 10.2. The van der Waals surface area contributed by atoms with Crippen LogP contribution in [0.3, 0.4) is 0 Å². The number of benzene rings is 1. The van der Waals surface area contributed by atoms with Crippen LogP contribution in [0.4, 0.5) is 13.2 Å². The maximum absolute atomic E-state index is 12.8. The molecule has 9 heteroatoms. The molecule has 0 fully saturated rings. The highest BCUT2D eigenvalue weighted by molar-refractivity contribution is 5.89. The summed E-state index contributed by atoms with van der Waals surface area (Å²) in [6, 6.07) is 2.50. The Morgan fingerprint density at radius 1 is 1.09 bits per heavy atom. The van der Waals surface area contributed by atoms with Gasteiger partial charge in [-0.15, -0.1) is 0 Å². The van der Waals surface area contributed by atoms with Gasteiger partial charge in [-0.1, -0.05) is 0 Å². The van der Waals surface area contributed by atoms with Gasteiger partial charge in [-0.2, -0.15) is 13.2 Å². The summed E-state index contributed by atoms with van der Waals surface area (Å²) < 4.78 is 52.5. The highest BCUT2D eigenvalue weighted by Gasteiger charge is 2.35. The van der Waals surface area contributed by atoms with E-state index in [1.165, 1.54) is 0 Å². The molecule has 0 aliphatic rings. The maximum Gasteiger partial charge on any atom is 0.449 e. The van der Waals surface area contributed by atoms with Crippen LogP contribution in [-0.4, -0.2) is 11.9 Å². The molecule has 0 saturated carbocycles. The van der Waals surface area contributed by atoms with Crippen molar-refractivity contribution in [3.05, 3.63) is 34.2 Å². The van der Waals surface area contributed by atoms with E-state index in [1.54, 1.807) is 0 Å². The van der Waals surface area contributed by atoms with Crippen molar-refractivity contribution < 1.29 is 36.7 Å². The topological polar surface area (TPSA) is 82.8 Å². The lowest BCUT2D eigenvalue weighted by Crippen LogP contribution is -2.13. The second kappa shape index (κ2) is 5.75. The normalized spacial score (nSPS) is 11.3. The molecule has 1 aromatic heterocycles. The number of rotatable bonds is 2. The molecule has 0 atom stereocenters. The Morgan fingerprint density at radius 3 is 2.22 bits per heavy atom. The van der Waals surface area contributed by atoms with Gasteiger partial charge in [-0.05, 0) is 12.1 Å². The highest BCUT2D eigenvalue weighted by atomic mass is 19.4. The van der Waals surface area contributed by atoms with Gasteiger partial charge in [0.15, 0.2) is 16.8 Å². The van der Waals surface area contributed by atoms with Crippen molar-refractivity contribution in [3.63, 3.8) is 0 Å². The van der Waals surface area contributed by atoms with Crippen molar-refractivity contribution in [1.82, 2.24) is 0 Å². The molecule has 0 unspecified atom stereocenters. The first kappa shape index (κ1) is 16.5. The van der Waals surface area contributed by atoms with Crippen LogP contribution in [0.1, 0.15) is 19.6 Å². The highest BCUT2D eigenvalue weighted by Crippen LogP contribution is 2.38. The van der Waals surface area contributed by atoms with Crippen LogP contribution >= 0.6 is 0 Å². The molecule has 0 N–H and O–H groups in total. The van der Waals surface area contributed by atoms with Crippen molar-refractivity contribution in [1.29, 1.82) is 0 Å². The number of hydrogen-bond donors (Lipinski definition) is 0. The van der Waals surface area contributed by atoms with Gasteiger partial charge in [0.25, 0.3) is 0 Å². The van der Waals surface area contributed by atoms with E-state index < -0.39 is 40.6 Å². The lowest BCUT2D eigenvalue weighted by Gasteiger charge is -2.12. The van der Waals surface area contributed by atoms with Gasteiger partial charge in [0.1, 0.15) is 0 Å². The zero-order valence-corrected chi connectivity index (χ0v) is 11.8. The second-order valence-electron chi connectivity index (χ2n) is 4.43. The first-order valence-electron chi connectivity index (χ1n) is 6.14. The molecule has 6 nitrogen and oxygen atoms in total. The zero-order chi connectivity index (χ0) is 17.4. The summed E-state index contributed by atoms with van der Waals surface area (Å²) in [5.74, 6) is -4.18. The largest absolute Gasteiger partial charge is 0.449 e. The molecule has 122 valence electrons. The van der Waals surface area contributed by atoms with Gasteiger partial charge in [0, 0.05) is 19.9 Å². The molecule has 0 aliphatic carbocycles. The Hall–Kier alpha value is -2.84. The van der Waals surface area contributed by atoms with Crippen molar-refractivity contribution in [3.8, 4) is 11.5 Å². The SMILES string of the molecule is CC(=O)Oc1ccc2c(=O)cc(C(F)(F)F)oc2c1OC(C)=O. The number of fused-ring (bicyclic) bond motifs is 1. The van der Waals surface area contributed by atoms with Crippen molar-refractivity contribution in [2.75, 3.05) is 0 Å².